The first-order valence-electron chi connectivity index (χ1n) is 6.80. The maximum atomic E-state index is 4.34. The Labute approximate surface area is 140 Å². The fourth-order valence-electron chi connectivity index (χ4n) is 2.52. The summed E-state index contributed by atoms with van der Waals surface area (Å²) in [6, 6.07) is 8.53. The number of hydrogen-bond acceptors (Lipinski definition) is 5. The van der Waals surface area contributed by atoms with Crippen molar-refractivity contribution in [1.29, 1.82) is 0 Å². The van der Waals surface area contributed by atoms with Gasteiger partial charge in [0.1, 0.15) is 10.4 Å². The lowest BCUT2D eigenvalue weighted by molar-refractivity contribution is 0.598. The maximum absolute atomic E-state index is 4.34. The highest BCUT2D eigenvalue weighted by molar-refractivity contribution is 9.10. The standard InChI is InChI=1S/C14H13BrN4S2/c1-2-3-11-16-17-14-18(11)19-12(21-14)8-20-13(19)9-4-6-10(15)7-5-9/h4-8,13H,2-3H2,1H3. The first kappa shape index (κ1) is 13.7. The van der Waals surface area contributed by atoms with E-state index in [1.807, 2.05) is 11.8 Å². The summed E-state index contributed by atoms with van der Waals surface area (Å²) in [7, 11) is 0. The fraction of sp³-hybridized carbons (Fsp3) is 0.286. The van der Waals surface area contributed by atoms with Crippen LogP contribution in [0.3, 0.4) is 0 Å². The van der Waals surface area contributed by atoms with Gasteiger partial charge in [0, 0.05) is 16.3 Å². The third kappa shape index (κ3) is 2.22. The van der Waals surface area contributed by atoms with Gasteiger partial charge in [0.2, 0.25) is 5.16 Å². The average molecular weight is 381 g/mol. The van der Waals surface area contributed by atoms with Crippen LogP contribution in [-0.4, -0.2) is 14.9 Å². The minimum atomic E-state index is 0.258. The lowest BCUT2D eigenvalue weighted by Gasteiger charge is -2.25. The Balaban J connectivity index is 1.73. The average Bonchev–Trinajstić information content (AvgIpc) is 3.12. The van der Waals surface area contributed by atoms with Crippen molar-refractivity contribution in [2.45, 2.75) is 30.3 Å². The molecule has 0 amide bonds. The molecule has 0 saturated heterocycles. The summed E-state index contributed by atoms with van der Waals surface area (Å²) in [5, 5.41) is 15.7. The van der Waals surface area contributed by atoms with Crippen LogP contribution in [0.2, 0.25) is 0 Å². The largest absolute Gasteiger partial charge is 0.252 e. The molecule has 0 spiro atoms. The van der Waals surface area contributed by atoms with Crippen LogP contribution in [0, 0.1) is 0 Å². The zero-order valence-electron chi connectivity index (χ0n) is 11.4. The highest BCUT2D eigenvalue weighted by atomic mass is 79.9. The first-order chi connectivity index (χ1) is 10.3. The molecule has 2 aliphatic rings. The number of aryl methyl sites for hydroxylation is 1. The number of halogens is 1. The molecular weight excluding hydrogens is 368 g/mol. The van der Waals surface area contributed by atoms with Gasteiger partial charge in [0.15, 0.2) is 5.82 Å². The van der Waals surface area contributed by atoms with E-state index in [1.54, 1.807) is 11.8 Å². The molecule has 0 aliphatic carbocycles. The van der Waals surface area contributed by atoms with Crippen LogP contribution in [0.5, 0.6) is 0 Å². The van der Waals surface area contributed by atoms with Crippen LogP contribution in [0.1, 0.15) is 30.1 Å². The molecule has 4 nitrogen and oxygen atoms in total. The second-order valence-corrected chi connectivity index (χ2v) is 7.76. The van der Waals surface area contributed by atoms with Crippen molar-refractivity contribution in [3.05, 3.63) is 50.6 Å². The molecule has 1 atom stereocenters. The van der Waals surface area contributed by atoms with Gasteiger partial charge in [-0.05, 0) is 35.9 Å². The molecule has 1 aromatic heterocycles. The molecular formula is C14H13BrN4S2. The smallest absolute Gasteiger partial charge is 0.216 e. The van der Waals surface area contributed by atoms with Crippen molar-refractivity contribution in [2.24, 2.45) is 0 Å². The Kier molecular flexibility index (Phi) is 3.51. The van der Waals surface area contributed by atoms with Crippen LogP contribution < -0.4 is 5.01 Å². The van der Waals surface area contributed by atoms with Crippen molar-refractivity contribution in [2.75, 3.05) is 5.01 Å². The van der Waals surface area contributed by atoms with Crippen molar-refractivity contribution in [3.8, 4) is 0 Å². The summed E-state index contributed by atoms with van der Waals surface area (Å²) in [5.41, 5.74) is 1.29. The van der Waals surface area contributed by atoms with E-state index in [2.05, 4.69) is 72.4 Å². The Bertz CT molecular complexity index is 710. The van der Waals surface area contributed by atoms with Gasteiger partial charge >= 0.3 is 0 Å². The van der Waals surface area contributed by atoms with Gasteiger partial charge in [0.05, 0.1) is 0 Å². The van der Waals surface area contributed by atoms with E-state index >= 15 is 0 Å². The number of thioether (sulfide) groups is 2. The summed E-state index contributed by atoms with van der Waals surface area (Å²) < 4.78 is 3.29. The second kappa shape index (κ2) is 5.37. The number of benzene rings is 1. The highest BCUT2D eigenvalue weighted by Gasteiger charge is 2.39. The molecule has 0 saturated carbocycles. The molecule has 1 aromatic carbocycles. The molecule has 0 bridgehead atoms. The van der Waals surface area contributed by atoms with Crippen molar-refractivity contribution in [3.63, 3.8) is 0 Å². The van der Waals surface area contributed by atoms with Gasteiger partial charge in [-0.3, -0.25) is 5.01 Å². The minimum absolute atomic E-state index is 0.258. The first-order valence-corrected chi connectivity index (χ1v) is 9.36. The van der Waals surface area contributed by atoms with Gasteiger partial charge in [-0.1, -0.05) is 46.7 Å². The predicted molar refractivity (Wildman–Crippen MR) is 90.6 cm³/mol. The molecule has 1 unspecified atom stereocenters. The highest BCUT2D eigenvalue weighted by Crippen LogP contribution is 2.51. The third-order valence-corrected chi connectivity index (χ3v) is 6.18. The number of nitrogens with zero attached hydrogens (tertiary/aromatic N) is 4. The zero-order chi connectivity index (χ0) is 14.4. The van der Waals surface area contributed by atoms with E-state index in [0.717, 1.165) is 28.3 Å². The number of aromatic nitrogens is 3. The van der Waals surface area contributed by atoms with E-state index < -0.39 is 0 Å². The van der Waals surface area contributed by atoms with Crippen molar-refractivity contribution >= 4 is 39.5 Å². The van der Waals surface area contributed by atoms with Gasteiger partial charge in [0.25, 0.3) is 0 Å². The predicted octanol–water partition coefficient (Wildman–Crippen LogP) is 4.28. The fourth-order valence-corrected chi connectivity index (χ4v) is 5.03. The van der Waals surface area contributed by atoms with Crippen LogP contribution in [0.15, 0.2) is 44.3 Å². The maximum Gasteiger partial charge on any atom is 0.216 e. The number of hydrogen-bond donors (Lipinski definition) is 0. The summed E-state index contributed by atoms with van der Waals surface area (Å²) in [6.07, 6.45) is 2.03. The SMILES string of the molecule is CCCc1nnc2n1N1C(=CSC1c1ccc(Br)cc1)S2. The topological polar surface area (TPSA) is 34.0 Å². The molecule has 7 heteroatoms. The summed E-state index contributed by atoms with van der Waals surface area (Å²) in [6.45, 7) is 2.17. The third-order valence-electron chi connectivity index (χ3n) is 3.46. The molecule has 108 valence electrons. The molecule has 0 radical (unpaired) electrons. The van der Waals surface area contributed by atoms with E-state index in [4.69, 9.17) is 0 Å². The Morgan fingerprint density at radius 3 is 2.81 bits per heavy atom. The molecule has 4 rings (SSSR count). The van der Waals surface area contributed by atoms with E-state index in [-0.39, 0.29) is 5.37 Å². The summed E-state index contributed by atoms with van der Waals surface area (Å²) in [5.74, 6) is 1.05. The minimum Gasteiger partial charge on any atom is -0.252 e. The normalized spacial score (nSPS) is 19.6. The monoisotopic (exact) mass is 380 g/mol. The summed E-state index contributed by atoms with van der Waals surface area (Å²) >= 11 is 7.04. The lowest BCUT2D eigenvalue weighted by atomic mass is 10.2. The molecule has 2 aliphatic heterocycles. The van der Waals surface area contributed by atoms with Crippen molar-refractivity contribution in [1.82, 2.24) is 14.9 Å². The van der Waals surface area contributed by atoms with Crippen LogP contribution >= 0.6 is 39.5 Å². The van der Waals surface area contributed by atoms with Crippen LogP contribution in [0.4, 0.5) is 0 Å². The quantitative estimate of drug-likeness (QED) is 0.793. The molecule has 2 aromatic rings. The molecule has 21 heavy (non-hydrogen) atoms. The van der Waals surface area contributed by atoms with Gasteiger partial charge in [-0.25, -0.2) is 4.68 Å². The van der Waals surface area contributed by atoms with E-state index in [1.165, 1.54) is 10.6 Å². The lowest BCUT2D eigenvalue weighted by Crippen LogP contribution is -2.30. The van der Waals surface area contributed by atoms with Gasteiger partial charge in [-0.15, -0.1) is 10.2 Å². The zero-order valence-corrected chi connectivity index (χ0v) is 14.6. The Morgan fingerprint density at radius 2 is 2.05 bits per heavy atom. The second-order valence-electron chi connectivity index (χ2n) is 4.90. The van der Waals surface area contributed by atoms with Crippen LogP contribution in [-0.2, 0) is 6.42 Å². The number of rotatable bonds is 3. The summed E-state index contributed by atoms with van der Waals surface area (Å²) in [4.78, 5) is 0. The Morgan fingerprint density at radius 1 is 1.24 bits per heavy atom. The van der Waals surface area contributed by atoms with Crippen molar-refractivity contribution < 1.29 is 0 Å². The Hall–Kier alpha value is -0.920. The molecule has 3 heterocycles. The molecule has 0 N–H and O–H groups in total. The molecule has 0 fully saturated rings. The number of fused-ring (bicyclic) bond motifs is 3. The van der Waals surface area contributed by atoms with Crippen LogP contribution in [0.25, 0.3) is 0 Å². The van der Waals surface area contributed by atoms with Gasteiger partial charge < -0.3 is 0 Å². The van der Waals surface area contributed by atoms with E-state index in [9.17, 15) is 0 Å². The van der Waals surface area contributed by atoms with Gasteiger partial charge in [-0.2, -0.15) is 0 Å². The van der Waals surface area contributed by atoms with E-state index in [0.29, 0.717) is 0 Å².